The number of aromatic amines is 1. The van der Waals surface area contributed by atoms with Crippen LogP contribution in [0.25, 0.3) is 0 Å². The van der Waals surface area contributed by atoms with Gasteiger partial charge in [-0.3, -0.25) is 0 Å². The molecule has 0 spiro atoms. The molecule has 0 aliphatic heterocycles. The van der Waals surface area contributed by atoms with E-state index in [1.165, 1.54) is 17.3 Å². The van der Waals surface area contributed by atoms with Crippen LogP contribution in [0.5, 0.6) is 0 Å². The van der Waals surface area contributed by atoms with Gasteiger partial charge in [0.2, 0.25) is 0 Å². The van der Waals surface area contributed by atoms with Crippen LogP contribution in [0.1, 0.15) is 29.3 Å². The van der Waals surface area contributed by atoms with E-state index >= 15 is 0 Å². The molecule has 0 radical (unpaired) electrons. The Hall–Kier alpha value is -1.88. The number of hydrogen-bond donors (Lipinski definition) is 2. The van der Waals surface area contributed by atoms with E-state index < -0.39 is 0 Å². The van der Waals surface area contributed by atoms with E-state index in [0.29, 0.717) is 10.8 Å². The summed E-state index contributed by atoms with van der Waals surface area (Å²) in [6, 6.07) is 8.94. The van der Waals surface area contributed by atoms with Gasteiger partial charge in [-0.1, -0.05) is 29.4 Å². The summed E-state index contributed by atoms with van der Waals surface area (Å²) in [5.74, 6) is 0. The van der Waals surface area contributed by atoms with Crippen LogP contribution >= 0.6 is 12.2 Å². The van der Waals surface area contributed by atoms with E-state index in [4.69, 9.17) is 17.4 Å². The largest absolute Gasteiger partial charge is 0.411 e. The summed E-state index contributed by atoms with van der Waals surface area (Å²) in [5.41, 5.74) is 3.57. The molecule has 19 heavy (non-hydrogen) atoms. The van der Waals surface area contributed by atoms with Crippen LogP contribution in [0, 0.1) is 4.77 Å². The van der Waals surface area contributed by atoms with Crippen LogP contribution in [-0.2, 0) is 12.8 Å². The molecule has 3 rings (SSSR count). The Bertz CT molecular complexity index is 671. The first-order chi connectivity index (χ1) is 9.28. The van der Waals surface area contributed by atoms with Gasteiger partial charge in [-0.05, 0) is 42.6 Å². The highest BCUT2D eigenvalue weighted by atomic mass is 32.1. The smallest absolute Gasteiger partial charge is 0.177 e. The summed E-state index contributed by atoms with van der Waals surface area (Å²) in [7, 11) is 0. The fourth-order valence-electron chi connectivity index (χ4n) is 2.74. The second-order valence-corrected chi connectivity index (χ2v) is 5.22. The van der Waals surface area contributed by atoms with Crippen molar-refractivity contribution in [3.8, 4) is 0 Å². The lowest BCUT2D eigenvalue weighted by Gasteiger charge is -2.25. The van der Waals surface area contributed by atoms with Crippen LogP contribution in [0.3, 0.4) is 0 Å². The Balaban J connectivity index is 1.91. The Morgan fingerprint density at radius 3 is 2.95 bits per heavy atom. The van der Waals surface area contributed by atoms with Gasteiger partial charge in [-0.2, -0.15) is 0 Å². The van der Waals surface area contributed by atoms with Crippen LogP contribution in [-0.4, -0.2) is 21.0 Å². The second-order valence-electron chi connectivity index (χ2n) is 4.83. The van der Waals surface area contributed by atoms with Gasteiger partial charge in [0.25, 0.3) is 0 Å². The van der Waals surface area contributed by atoms with E-state index in [9.17, 15) is 0 Å². The van der Waals surface area contributed by atoms with E-state index in [1.54, 1.807) is 0 Å². The number of aromatic nitrogens is 2. The third-order valence-electron chi connectivity index (χ3n) is 3.67. The Kier molecular flexibility index (Phi) is 3.21. The van der Waals surface area contributed by atoms with E-state index in [2.05, 4.69) is 39.0 Å². The third kappa shape index (κ3) is 2.33. The Morgan fingerprint density at radius 1 is 1.37 bits per heavy atom. The van der Waals surface area contributed by atoms with Crippen molar-refractivity contribution >= 4 is 18.4 Å². The molecule has 2 N–H and O–H groups in total. The zero-order valence-electron chi connectivity index (χ0n) is 10.4. The van der Waals surface area contributed by atoms with Gasteiger partial charge in [0.05, 0.1) is 11.9 Å². The van der Waals surface area contributed by atoms with Crippen LogP contribution in [0.4, 0.5) is 0 Å². The first kappa shape index (κ1) is 12.2. The molecule has 0 saturated carbocycles. The minimum absolute atomic E-state index is 0.375. The van der Waals surface area contributed by atoms with Gasteiger partial charge in [0, 0.05) is 12.2 Å². The lowest BCUT2D eigenvalue weighted by atomic mass is 9.88. The number of oxime groups is 1. The summed E-state index contributed by atoms with van der Waals surface area (Å²) in [6.07, 6.45) is 6.44. The number of nitrogens with zero attached hydrogens (tertiary/aromatic N) is 2. The molecule has 0 fully saturated rings. The topological polar surface area (TPSA) is 53.3 Å². The molecule has 98 valence electrons. The molecule has 4 nitrogen and oxygen atoms in total. The molecule has 1 heterocycles. The molecular weight excluding hydrogens is 258 g/mol. The minimum atomic E-state index is 0.375. The zero-order valence-corrected chi connectivity index (χ0v) is 11.2. The van der Waals surface area contributed by atoms with Crippen molar-refractivity contribution in [1.82, 2.24) is 9.55 Å². The lowest BCUT2D eigenvalue weighted by molar-refractivity contribution is 0.321. The van der Waals surface area contributed by atoms with Crippen LogP contribution in [0.15, 0.2) is 35.6 Å². The van der Waals surface area contributed by atoms with Crippen LogP contribution in [0.2, 0.25) is 0 Å². The summed E-state index contributed by atoms with van der Waals surface area (Å²) in [4.78, 5) is 3.04. The molecule has 1 aliphatic carbocycles. The number of aryl methyl sites for hydroxylation is 1. The summed E-state index contributed by atoms with van der Waals surface area (Å²) < 4.78 is 2.75. The molecule has 0 bridgehead atoms. The number of benzene rings is 1. The van der Waals surface area contributed by atoms with Crippen molar-refractivity contribution in [2.24, 2.45) is 5.16 Å². The highest BCUT2D eigenvalue weighted by Crippen LogP contribution is 2.29. The molecule has 0 saturated heterocycles. The molecule has 0 amide bonds. The average molecular weight is 273 g/mol. The molecule has 5 heteroatoms. The molecule has 1 atom stereocenters. The number of rotatable bonds is 2. The van der Waals surface area contributed by atoms with Gasteiger partial charge in [0.1, 0.15) is 0 Å². The first-order valence-electron chi connectivity index (χ1n) is 6.33. The highest BCUT2D eigenvalue weighted by molar-refractivity contribution is 7.71. The van der Waals surface area contributed by atoms with Crippen molar-refractivity contribution in [2.75, 3.05) is 0 Å². The molecule has 1 aliphatic rings. The number of imidazole rings is 1. The zero-order chi connectivity index (χ0) is 13.2. The SMILES string of the molecule is O/N=C/c1cn(C2CCc3ccccc3C2)c(=S)[nH]1. The van der Waals surface area contributed by atoms with Crippen LogP contribution < -0.4 is 0 Å². The maximum atomic E-state index is 8.57. The lowest BCUT2D eigenvalue weighted by Crippen LogP contribution is -2.18. The highest BCUT2D eigenvalue weighted by Gasteiger charge is 2.20. The fourth-order valence-corrected chi connectivity index (χ4v) is 3.06. The molecule has 1 aromatic carbocycles. The normalized spacial score (nSPS) is 18.6. The maximum absolute atomic E-state index is 8.57. The predicted octanol–water partition coefficient (Wildman–Crippen LogP) is 3.08. The molecular formula is C14H15N3OS. The first-order valence-corrected chi connectivity index (χ1v) is 6.74. The average Bonchev–Trinajstić information content (AvgIpc) is 2.79. The van der Waals surface area contributed by atoms with Crippen molar-refractivity contribution in [1.29, 1.82) is 0 Å². The number of fused-ring (bicyclic) bond motifs is 1. The van der Waals surface area contributed by atoms with Gasteiger partial charge < -0.3 is 14.8 Å². The standard InChI is InChI=1S/C14H15N3OS/c18-15-8-12-9-17(14(19)16-12)13-6-5-10-3-1-2-4-11(10)7-13/h1-4,8-9,13,18H,5-7H2,(H,16,19)/b15-8+. The minimum Gasteiger partial charge on any atom is -0.411 e. The van der Waals surface area contributed by atoms with E-state index in [1.807, 2.05) is 6.20 Å². The van der Waals surface area contributed by atoms with Crippen molar-refractivity contribution in [2.45, 2.75) is 25.3 Å². The van der Waals surface area contributed by atoms with Crippen molar-refractivity contribution < 1.29 is 5.21 Å². The van der Waals surface area contributed by atoms with Gasteiger partial charge in [-0.25, -0.2) is 0 Å². The third-order valence-corrected chi connectivity index (χ3v) is 3.99. The summed E-state index contributed by atoms with van der Waals surface area (Å²) in [6.45, 7) is 0. The van der Waals surface area contributed by atoms with Crippen molar-refractivity contribution in [3.63, 3.8) is 0 Å². The molecule has 1 aromatic heterocycles. The second kappa shape index (κ2) is 5.01. The molecule has 2 aromatic rings. The van der Waals surface area contributed by atoms with Gasteiger partial charge in [0.15, 0.2) is 4.77 Å². The monoisotopic (exact) mass is 273 g/mol. The number of H-pyrrole nitrogens is 1. The number of hydrogen-bond acceptors (Lipinski definition) is 3. The Labute approximate surface area is 116 Å². The maximum Gasteiger partial charge on any atom is 0.177 e. The summed E-state index contributed by atoms with van der Waals surface area (Å²) in [5, 5.41) is 11.6. The van der Waals surface area contributed by atoms with E-state index in [-0.39, 0.29) is 0 Å². The van der Waals surface area contributed by atoms with Crippen molar-refractivity contribution in [3.05, 3.63) is 52.1 Å². The van der Waals surface area contributed by atoms with E-state index in [0.717, 1.165) is 25.0 Å². The Morgan fingerprint density at radius 2 is 2.16 bits per heavy atom. The fraction of sp³-hybridized carbons (Fsp3) is 0.286. The van der Waals surface area contributed by atoms with Gasteiger partial charge in [-0.15, -0.1) is 0 Å². The predicted molar refractivity (Wildman–Crippen MR) is 76.5 cm³/mol. The summed E-state index contributed by atoms with van der Waals surface area (Å²) >= 11 is 5.33. The van der Waals surface area contributed by atoms with Gasteiger partial charge >= 0.3 is 0 Å². The quantitative estimate of drug-likeness (QED) is 0.382. The number of nitrogens with one attached hydrogen (secondary N) is 1. The molecule has 1 unspecified atom stereocenters.